The molecular weight excluding hydrogens is 382 g/mol. The van der Waals surface area contributed by atoms with Gasteiger partial charge in [-0.1, -0.05) is 54.1 Å². The number of hydrogen-bond acceptors (Lipinski definition) is 3. The monoisotopic (exact) mass is 405 g/mol. The highest BCUT2D eigenvalue weighted by molar-refractivity contribution is 6.30. The van der Waals surface area contributed by atoms with Crippen molar-refractivity contribution in [1.82, 2.24) is 14.8 Å². The highest BCUT2D eigenvalue weighted by atomic mass is 35.5. The van der Waals surface area contributed by atoms with E-state index in [0.717, 1.165) is 43.9 Å². The number of piperazine rings is 1. The number of rotatable bonds is 5. The van der Waals surface area contributed by atoms with Crippen LogP contribution in [0.25, 0.3) is 11.1 Å². The van der Waals surface area contributed by atoms with Crippen molar-refractivity contribution in [3.8, 4) is 11.1 Å². The summed E-state index contributed by atoms with van der Waals surface area (Å²) in [6.07, 6.45) is 4.11. The van der Waals surface area contributed by atoms with Crippen LogP contribution in [0.1, 0.15) is 11.1 Å². The summed E-state index contributed by atoms with van der Waals surface area (Å²) in [5.41, 5.74) is 4.62. The Morgan fingerprint density at radius 1 is 0.966 bits per heavy atom. The summed E-state index contributed by atoms with van der Waals surface area (Å²) in [5, 5.41) is 0.674. The quantitative estimate of drug-likeness (QED) is 0.635. The molecular formula is C24H24ClN3O. The minimum atomic E-state index is 0.169. The highest BCUT2D eigenvalue weighted by Gasteiger charge is 2.22. The summed E-state index contributed by atoms with van der Waals surface area (Å²) in [4.78, 5) is 21.3. The molecule has 1 amide bonds. The topological polar surface area (TPSA) is 36.4 Å². The van der Waals surface area contributed by atoms with Gasteiger partial charge in [-0.3, -0.25) is 14.7 Å². The number of benzene rings is 2. The molecule has 1 aliphatic heterocycles. The zero-order chi connectivity index (χ0) is 20.1. The molecule has 0 atom stereocenters. The van der Waals surface area contributed by atoms with Gasteiger partial charge in [-0.25, -0.2) is 0 Å². The smallest absolute Gasteiger partial charge is 0.227 e. The first-order valence-electron chi connectivity index (χ1n) is 9.92. The number of aromatic nitrogens is 1. The molecule has 2 heterocycles. The van der Waals surface area contributed by atoms with Gasteiger partial charge in [0.15, 0.2) is 0 Å². The number of pyridine rings is 1. The van der Waals surface area contributed by atoms with Gasteiger partial charge in [0.05, 0.1) is 6.42 Å². The van der Waals surface area contributed by atoms with E-state index >= 15 is 0 Å². The van der Waals surface area contributed by atoms with Crippen LogP contribution in [-0.4, -0.2) is 46.9 Å². The van der Waals surface area contributed by atoms with Crippen molar-refractivity contribution < 1.29 is 4.79 Å². The average molecular weight is 406 g/mol. The normalized spacial score (nSPS) is 14.7. The standard InChI is InChI=1S/C24H24ClN3O/c25-22-8-3-5-19(15-22)16-24(29)28-13-11-27(12-14-28)18-21-6-1-2-9-23(21)20-7-4-10-26-17-20/h1-10,15,17H,11-14,16,18H2. The van der Waals surface area contributed by atoms with Crippen LogP contribution in [-0.2, 0) is 17.8 Å². The minimum absolute atomic E-state index is 0.169. The Kier molecular flexibility index (Phi) is 6.23. The SMILES string of the molecule is O=C(Cc1cccc(Cl)c1)N1CCN(Cc2ccccc2-c2cccnc2)CC1. The third-order valence-corrected chi connectivity index (χ3v) is 5.59. The molecule has 1 saturated heterocycles. The van der Waals surface area contributed by atoms with Crippen molar-refractivity contribution in [3.63, 3.8) is 0 Å². The van der Waals surface area contributed by atoms with Crippen LogP contribution in [0, 0.1) is 0 Å². The second-order valence-electron chi connectivity index (χ2n) is 7.36. The van der Waals surface area contributed by atoms with Crippen LogP contribution in [0.3, 0.4) is 0 Å². The second-order valence-corrected chi connectivity index (χ2v) is 7.80. The lowest BCUT2D eigenvalue weighted by Gasteiger charge is -2.35. The Balaban J connectivity index is 1.36. The van der Waals surface area contributed by atoms with Gasteiger partial charge in [0.2, 0.25) is 5.91 Å². The molecule has 148 valence electrons. The van der Waals surface area contributed by atoms with Crippen LogP contribution in [0.4, 0.5) is 0 Å². The number of carbonyl (C=O) groups excluding carboxylic acids is 1. The van der Waals surface area contributed by atoms with Crippen LogP contribution in [0.5, 0.6) is 0 Å². The summed E-state index contributed by atoms with van der Waals surface area (Å²) in [6, 6.07) is 20.1. The van der Waals surface area contributed by atoms with E-state index in [0.29, 0.717) is 11.4 Å². The van der Waals surface area contributed by atoms with Crippen molar-refractivity contribution >= 4 is 17.5 Å². The molecule has 1 fully saturated rings. The van der Waals surface area contributed by atoms with E-state index in [1.165, 1.54) is 11.1 Å². The van der Waals surface area contributed by atoms with Crippen LogP contribution in [0.2, 0.25) is 5.02 Å². The maximum Gasteiger partial charge on any atom is 0.227 e. The summed E-state index contributed by atoms with van der Waals surface area (Å²) in [5.74, 6) is 0.169. The molecule has 3 aromatic rings. The van der Waals surface area contributed by atoms with Gasteiger partial charge < -0.3 is 4.90 Å². The van der Waals surface area contributed by atoms with Gasteiger partial charge in [-0.15, -0.1) is 0 Å². The number of amides is 1. The average Bonchev–Trinajstić information content (AvgIpc) is 2.75. The molecule has 1 aromatic heterocycles. The van der Waals surface area contributed by atoms with E-state index in [-0.39, 0.29) is 5.91 Å². The predicted molar refractivity (Wildman–Crippen MR) is 117 cm³/mol. The molecule has 0 unspecified atom stereocenters. The fourth-order valence-corrected chi connectivity index (χ4v) is 4.00. The first kappa shape index (κ1) is 19.6. The van der Waals surface area contributed by atoms with E-state index in [2.05, 4.69) is 40.2 Å². The maximum atomic E-state index is 12.6. The molecule has 4 nitrogen and oxygen atoms in total. The van der Waals surface area contributed by atoms with Gasteiger partial charge in [0, 0.05) is 55.7 Å². The van der Waals surface area contributed by atoms with Gasteiger partial charge in [0.25, 0.3) is 0 Å². The second kappa shape index (κ2) is 9.21. The Bertz CT molecular complexity index is 969. The number of halogens is 1. The minimum Gasteiger partial charge on any atom is -0.340 e. The fourth-order valence-electron chi connectivity index (χ4n) is 3.79. The molecule has 0 N–H and O–H groups in total. The lowest BCUT2D eigenvalue weighted by Crippen LogP contribution is -2.48. The first-order chi connectivity index (χ1) is 14.2. The van der Waals surface area contributed by atoms with Gasteiger partial charge in [-0.2, -0.15) is 0 Å². The van der Waals surface area contributed by atoms with E-state index < -0.39 is 0 Å². The molecule has 29 heavy (non-hydrogen) atoms. The zero-order valence-corrected chi connectivity index (χ0v) is 17.1. The van der Waals surface area contributed by atoms with Gasteiger partial charge >= 0.3 is 0 Å². The van der Waals surface area contributed by atoms with E-state index in [1.807, 2.05) is 41.4 Å². The van der Waals surface area contributed by atoms with Crippen molar-refractivity contribution in [2.24, 2.45) is 0 Å². The Morgan fingerprint density at radius 3 is 2.55 bits per heavy atom. The van der Waals surface area contributed by atoms with E-state index in [9.17, 15) is 4.79 Å². The van der Waals surface area contributed by atoms with Crippen LogP contribution in [0.15, 0.2) is 73.1 Å². The van der Waals surface area contributed by atoms with Crippen molar-refractivity contribution in [2.75, 3.05) is 26.2 Å². The molecule has 0 saturated carbocycles. The predicted octanol–water partition coefficient (Wildman–Crippen LogP) is 4.29. The Morgan fingerprint density at radius 2 is 1.79 bits per heavy atom. The molecule has 0 aliphatic carbocycles. The van der Waals surface area contributed by atoms with Crippen LogP contribution >= 0.6 is 11.6 Å². The number of hydrogen-bond donors (Lipinski definition) is 0. The highest BCUT2D eigenvalue weighted by Crippen LogP contribution is 2.24. The molecule has 0 spiro atoms. The lowest BCUT2D eigenvalue weighted by molar-refractivity contribution is -0.132. The summed E-state index contributed by atoms with van der Waals surface area (Å²) in [6.45, 7) is 4.15. The largest absolute Gasteiger partial charge is 0.340 e. The number of carbonyl (C=O) groups is 1. The molecule has 0 bridgehead atoms. The molecule has 4 rings (SSSR count). The Hall–Kier alpha value is -2.69. The van der Waals surface area contributed by atoms with Crippen molar-refractivity contribution in [3.05, 3.63) is 89.2 Å². The third-order valence-electron chi connectivity index (χ3n) is 5.35. The fraction of sp³-hybridized carbons (Fsp3) is 0.250. The number of nitrogens with zero attached hydrogens (tertiary/aromatic N) is 3. The molecule has 1 aliphatic rings. The third kappa shape index (κ3) is 5.03. The summed E-state index contributed by atoms with van der Waals surface area (Å²) < 4.78 is 0. The zero-order valence-electron chi connectivity index (χ0n) is 16.3. The van der Waals surface area contributed by atoms with Crippen LogP contribution < -0.4 is 0 Å². The lowest BCUT2D eigenvalue weighted by atomic mass is 10.0. The van der Waals surface area contributed by atoms with E-state index in [4.69, 9.17) is 11.6 Å². The summed E-state index contributed by atoms with van der Waals surface area (Å²) in [7, 11) is 0. The molecule has 2 aromatic carbocycles. The maximum absolute atomic E-state index is 12.6. The van der Waals surface area contributed by atoms with Gasteiger partial charge in [-0.05, 0) is 34.9 Å². The Labute approximate surface area is 176 Å². The first-order valence-corrected chi connectivity index (χ1v) is 10.3. The van der Waals surface area contributed by atoms with Gasteiger partial charge in [0.1, 0.15) is 0 Å². The van der Waals surface area contributed by atoms with Crippen molar-refractivity contribution in [1.29, 1.82) is 0 Å². The van der Waals surface area contributed by atoms with E-state index in [1.54, 1.807) is 6.20 Å². The molecule has 0 radical (unpaired) electrons. The molecule has 5 heteroatoms. The summed E-state index contributed by atoms with van der Waals surface area (Å²) >= 11 is 6.03. The van der Waals surface area contributed by atoms with Crippen molar-refractivity contribution in [2.45, 2.75) is 13.0 Å².